The highest BCUT2D eigenvalue weighted by Gasteiger charge is 2.08. The summed E-state index contributed by atoms with van der Waals surface area (Å²) in [5.74, 6) is -0.140. The Bertz CT molecular complexity index is 731. The van der Waals surface area contributed by atoms with Gasteiger partial charge in [0.25, 0.3) is 5.91 Å². The van der Waals surface area contributed by atoms with Crippen molar-refractivity contribution >= 4 is 22.4 Å². The van der Waals surface area contributed by atoms with Crippen molar-refractivity contribution in [2.24, 2.45) is 0 Å². The molecule has 0 aliphatic rings. The summed E-state index contributed by atoms with van der Waals surface area (Å²) in [5.41, 5.74) is 1.74. The predicted molar refractivity (Wildman–Crippen MR) is 82.6 cm³/mol. The SMILES string of the molecule is Cc1cnc(NC(=O)c2ccc(Cn3ccnc3)cc2)s1. The first-order chi connectivity index (χ1) is 10.2. The molecule has 1 amide bonds. The normalized spacial score (nSPS) is 10.5. The van der Waals surface area contributed by atoms with Gasteiger partial charge >= 0.3 is 0 Å². The molecule has 1 N–H and O–H groups in total. The number of nitrogens with one attached hydrogen (secondary N) is 1. The monoisotopic (exact) mass is 298 g/mol. The molecule has 0 saturated heterocycles. The number of rotatable bonds is 4. The van der Waals surface area contributed by atoms with Crippen molar-refractivity contribution in [3.05, 3.63) is 65.2 Å². The van der Waals surface area contributed by atoms with Crippen LogP contribution in [0.5, 0.6) is 0 Å². The first-order valence-electron chi connectivity index (χ1n) is 6.49. The van der Waals surface area contributed by atoms with Crippen molar-refractivity contribution in [3.63, 3.8) is 0 Å². The number of carbonyl (C=O) groups excluding carboxylic acids is 1. The molecule has 106 valence electrons. The summed E-state index contributed by atoms with van der Waals surface area (Å²) in [4.78, 5) is 21.3. The summed E-state index contributed by atoms with van der Waals surface area (Å²) in [6, 6.07) is 7.54. The predicted octanol–water partition coefficient (Wildman–Crippen LogP) is 2.95. The summed E-state index contributed by atoms with van der Waals surface area (Å²) in [7, 11) is 0. The van der Waals surface area contributed by atoms with Crippen molar-refractivity contribution in [3.8, 4) is 0 Å². The molecule has 5 nitrogen and oxygen atoms in total. The molecule has 0 saturated carbocycles. The third-order valence-electron chi connectivity index (χ3n) is 2.98. The molecule has 3 rings (SSSR count). The Kier molecular flexibility index (Phi) is 3.79. The van der Waals surface area contributed by atoms with E-state index in [4.69, 9.17) is 0 Å². The van der Waals surface area contributed by atoms with Gasteiger partial charge in [0.1, 0.15) is 0 Å². The van der Waals surface area contributed by atoms with Crippen molar-refractivity contribution in [2.45, 2.75) is 13.5 Å². The molecule has 0 spiro atoms. The average molecular weight is 298 g/mol. The van der Waals surface area contributed by atoms with E-state index in [9.17, 15) is 4.79 Å². The summed E-state index contributed by atoms with van der Waals surface area (Å²) in [6.07, 6.45) is 7.17. The number of amides is 1. The standard InChI is InChI=1S/C15H14N4OS/c1-11-8-17-15(21-11)18-14(20)13-4-2-12(3-5-13)9-19-7-6-16-10-19/h2-8,10H,9H2,1H3,(H,17,18,20). The lowest BCUT2D eigenvalue weighted by Gasteiger charge is -2.05. The largest absolute Gasteiger partial charge is 0.333 e. The van der Waals surface area contributed by atoms with E-state index in [1.165, 1.54) is 11.3 Å². The summed E-state index contributed by atoms with van der Waals surface area (Å²) >= 11 is 1.46. The fraction of sp³-hybridized carbons (Fsp3) is 0.133. The smallest absolute Gasteiger partial charge is 0.257 e. The van der Waals surface area contributed by atoms with Crippen LogP contribution in [0.1, 0.15) is 20.8 Å². The van der Waals surface area contributed by atoms with E-state index in [1.54, 1.807) is 18.7 Å². The Balaban J connectivity index is 1.67. The number of carbonyl (C=O) groups is 1. The molecule has 0 atom stereocenters. The van der Waals surface area contributed by atoms with Gasteiger partial charge in [0.2, 0.25) is 0 Å². The molecular weight excluding hydrogens is 284 g/mol. The number of thiazole rings is 1. The second kappa shape index (κ2) is 5.88. The van der Waals surface area contributed by atoms with Crippen LogP contribution in [0.3, 0.4) is 0 Å². The molecule has 6 heteroatoms. The van der Waals surface area contributed by atoms with Crippen LogP contribution in [0.15, 0.2) is 49.2 Å². The van der Waals surface area contributed by atoms with Crippen LogP contribution in [-0.2, 0) is 6.54 Å². The van der Waals surface area contributed by atoms with Gasteiger partial charge in [-0.2, -0.15) is 0 Å². The number of imidazole rings is 1. The molecule has 0 radical (unpaired) electrons. The molecule has 0 bridgehead atoms. The second-order valence-electron chi connectivity index (χ2n) is 4.66. The minimum Gasteiger partial charge on any atom is -0.333 e. The van der Waals surface area contributed by atoms with Gasteiger partial charge in [-0.1, -0.05) is 12.1 Å². The molecule has 0 aliphatic carbocycles. The highest BCUT2D eigenvalue weighted by atomic mass is 32.1. The van der Waals surface area contributed by atoms with Gasteiger partial charge < -0.3 is 4.57 Å². The van der Waals surface area contributed by atoms with Gasteiger partial charge in [0, 0.05) is 35.6 Å². The third-order valence-corrected chi connectivity index (χ3v) is 3.81. The first kappa shape index (κ1) is 13.5. The molecule has 21 heavy (non-hydrogen) atoms. The summed E-state index contributed by atoms with van der Waals surface area (Å²) in [6.45, 7) is 2.70. The zero-order valence-corrected chi connectivity index (χ0v) is 12.3. The highest BCUT2D eigenvalue weighted by molar-refractivity contribution is 7.15. The van der Waals surface area contributed by atoms with Crippen LogP contribution >= 0.6 is 11.3 Å². The lowest BCUT2D eigenvalue weighted by molar-refractivity contribution is 0.102. The molecule has 0 unspecified atom stereocenters. The fourth-order valence-electron chi connectivity index (χ4n) is 1.93. The minimum absolute atomic E-state index is 0.140. The Morgan fingerprint density at radius 1 is 1.33 bits per heavy atom. The Morgan fingerprint density at radius 2 is 2.14 bits per heavy atom. The molecule has 1 aromatic carbocycles. The van der Waals surface area contributed by atoms with Crippen LogP contribution in [0.2, 0.25) is 0 Å². The van der Waals surface area contributed by atoms with Crippen molar-refractivity contribution in [1.29, 1.82) is 0 Å². The molecule has 2 heterocycles. The highest BCUT2D eigenvalue weighted by Crippen LogP contribution is 2.17. The lowest BCUT2D eigenvalue weighted by atomic mass is 10.1. The Hall–Kier alpha value is -2.47. The van der Waals surface area contributed by atoms with E-state index < -0.39 is 0 Å². The Morgan fingerprint density at radius 3 is 2.76 bits per heavy atom. The van der Waals surface area contributed by atoms with Gasteiger partial charge in [-0.3, -0.25) is 10.1 Å². The molecule has 3 aromatic rings. The van der Waals surface area contributed by atoms with E-state index in [0.717, 1.165) is 17.0 Å². The molecule has 0 fully saturated rings. The first-order valence-corrected chi connectivity index (χ1v) is 7.31. The van der Waals surface area contributed by atoms with Crippen molar-refractivity contribution in [2.75, 3.05) is 5.32 Å². The van der Waals surface area contributed by atoms with Crippen LogP contribution in [0, 0.1) is 6.92 Å². The molecule has 0 aliphatic heterocycles. The van der Waals surface area contributed by atoms with E-state index in [2.05, 4.69) is 15.3 Å². The minimum atomic E-state index is -0.140. The van der Waals surface area contributed by atoms with Gasteiger partial charge in [-0.15, -0.1) is 11.3 Å². The second-order valence-corrected chi connectivity index (χ2v) is 5.90. The number of hydrogen-bond acceptors (Lipinski definition) is 4. The van der Waals surface area contributed by atoms with Crippen LogP contribution in [0.4, 0.5) is 5.13 Å². The number of hydrogen-bond donors (Lipinski definition) is 1. The zero-order chi connectivity index (χ0) is 14.7. The summed E-state index contributed by atoms with van der Waals surface area (Å²) < 4.78 is 1.98. The van der Waals surface area contributed by atoms with Gasteiger partial charge in [0.05, 0.1) is 6.33 Å². The number of aromatic nitrogens is 3. The van der Waals surface area contributed by atoms with E-state index in [0.29, 0.717) is 10.7 Å². The number of aryl methyl sites for hydroxylation is 1. The zero-order valence-electron chi connectivity index (χ0n) is 11.5. The van der Waals surface area contributed by atoms with Crippen LogP contribution in [-0.4, -0.2) is 20.4 Å². The van der Waals surface area contributed by atoms with E-state index in [-0.39, 0.29) is 5.91 Å². The third kappa shape index (κ3) is 3.35. The van der Waals surface area contributed by atoms with Gasteiger partial charge in [-0.05, 0) is 24.6 Å². The maximum absolute atomic E-state index is 12.1. The quantitative estimate of drug-likeness (QED) is 0.805. The van der Waals surface area contributed by atoms with E-state index >= 15 is 0 Å². The Labute approximate surface area is 126 Å². The van der Waals surface area contributed by atoms with Crippen molar-refractivity contribution in [1.82, 2.24) is 14.5 Å². The van der Waals surface area contributed by atoms with Gasteiger partial charge in [-0.25, -0.2) is 9.97 Å². The molecule has 2 aromatic heterocycles. The number of nitrogens with zero attached hydrogens (tertiary/aromatic N) is 3. The van der Waals surface area contributed by atoms with Crippen LogP contribution < -0.4 is 5.32 Å². The topological polar surface area (TPSA) is 59.8 Å². The van der Waals surface area contributed by atoms with Crippen LogP contribution in [0.25, 0.3) is 0 Å². The summed E-state index contributed by atoms with van der Waals surface area (Å²) in [5, 5.41) is 3.42. The maximum Gasteiger partial charge on any atom is 0.257 e. The lowest BCUT2D eigenvalue weighted by Crippen LogP contribution is -2.11. The number of benzene rings is 1. The number of anilines is 1. The molecular formula is C15H14N4OS. The maximum atomic E-state index is 12.1. The average Bonchev–Trinajstić information content (AvgIpc) is 3.12. The van der Waals surface area contributed by atoms with E-state index in [1.807, 2.05) is 42.0 Å². The van der Waals surface area contributed by atoms with Gasteiger partial charge in [0.15, 0.2) is 5.13 Å². The fourth-order valence-corrected chi connectivity index (χ4v) is 2.59. The van der Waals surface area contributed by atoms with Crippen molar-refractivity contribution < 1.29 is 4.79 Å².